The van der Waals surface area contributed by atoms with Gasteiger partial charge in [0.05, 0.1) is 30.9 Å². The van der Waals surface area contributed by atoms with Crippen molar-refractivity contribution in [2.24, 2.45) is 0 Å². The van der Waals surface area contributed by atoms with Gasteiger partial charge < -0.3 is 20.1 Å². The van der Waals surface area contributed by atoms with Crippen molar-refractivity contribution in [2.45, 2.75) is 70.3 Å². The Bertz CT molecular complexity index is 1080. The number of alkyl halides is 4. The fourth-order valence-electron chi connectivity index (χ4n) is 4.03. The summed E-state index contributed by atoms with van der Waals surface area (Å²) in [6.07, 6.45) is -3.33. The number of hydrogen-bond donors (Lipinski definition) is 2. The summed E-state index contributed by atoms with van der Waals surface area (Å²) in [6.45, 7) is 4.90. The molecule has 11 heteroatoms. The number of carbonyl (C=O) groups excluding carboxylic acids is 1. The maximum Gasteiger partial charge on any atom is 0.270 e. The monoisotopic (exact) mass is 496 g/mol. The lowest BCUT2D eigenvalue weighted by Gasteiger charge is -2.23. The average Bonchev–Trinajstić information content (AvgIpc) is 3.36. The van der Waals surface area contributed by atoms with Crippen LogP contribution in [-0.2, 0) is 26.6 Å². The van der Waals surface area contributed by atoms with Gasteiger partial charge in [-0.1, -0.05) is 18.2 Å². The zero-order valence-electron chi connectivity index (χ0n) is 19.7. The number of aromatic nitrogens is 2. The molecular formula is C24H28F4N4O3. The van der Waals surface area contributed by atoms with Crippen LogP contribution in [0.25, 0.3) is 0 Å². The minimum absolute atomic E-state index is 0.115. The number of amides is 1. The first-order valence-electron chi connectivity index (χ1n) is 11.4. The van der Waals surface area contributed by atoms with E-state index in [4.69, 9.17) is 9.47 Å². The molecule has 1 aromatic carbocycles. The first kappa shape index (κ1) is 25.3. The quantitative estimate of drug-likeness (QED) is 0.495. The Kier molecular flexibility index (Phi) is 7.01. The van der Waals surface area contributed by atoms with E-state index in [-0.39, 0.29) is 30.5 Å². The molecule has 1 aliphatic carbocycles. The van der Waals surface area contributed by atoms with E-state index in [1.165, 1.54) is 12.1 Å². The first-order valence-corrected chi connectivity index (χ1v) is 11.4. The summed E-state index contributed by atoms with van der Waals surface area (Å²) in [6, 6.07) is 5.61. The lowest BCUT2D eigenvalue weighted by molar-refractivity contribution is -0.122. The summed E-state index contributed by atoms with van der Waals surface area (Å²) in [7, 11) is 0. The number of benzene rings is 1. The van der Waals surface area contributed by atoms with Crippen molar-refractivity contribution in [3.05, 3.63) is 52.5 Å². The highest BCUT2D eigenvalue weighted by Gasteiger charge is 2.52. The molecule has 2 aliphatic rings. The van der Waals surface area contributed by atoms with Gasteiger partial charge in [-0.2, -0.15) is 0 Å². The highest BCUT2D eigenvalue weighted by molar-refractivity contribution is 5.80. The Balaban J connectivity index is 1.63. The zero-order chi connectivity index (χ0) is 25.4. The van der Waals surface area contributed by atoms with Crippen molar-refractivity contribution in [1.82, 2.24) is 15.3 Å². The Labute approximate surface area is 200 Å². The van der Waals surface area contributed by atoms with Gasteiger partial charge in [-0.25, -0.2) is 27.5 Å². The van der Waals surface area contributed by atoms with Gasteiger partial charge in [-0.3, -0.25) is 4.79 Å². The second-order valence-electron chi connectivity index (χ2n) is 9.11. The number of ether oxygens (including phenoxy) is 2. The van der Waals surface area contributed by atoms with Gasteiger partial charge in [0.25, 0.3) is 12.3 Å². The van der Waals surface area contributed by atoms with Crippen LogP contribution in [0.2, 0.25) is 0 Å². The summed E-state index contributed by atoms with van der Waals surface area (Å²) in [5, 5.41) is 5.64. The molecular weight excluding hydrogens is 468 g/mol. The summed E-state index contributed by atoms with van der Waals surface area (Å²) in [5.74, 6) is -2.91. The second kappa shape index (κ2) is 9.69. The average molecular weight is 497 g/mol. The van der Waals surface area contributed by atoms with Gasteiger partial charge in [0.1, 0.15) is 17.2 Å². The van der Waals surface area contributed by atoms with Gasteiger partial charge in [-0.05, 0) is 38.3 Å². The number of halogens is 4. The predicted molar refractivity (Wildman–Crippen MR) is 119 cm³/mol. The molecule has 0 bridgehead atoms. The van der Waals surface area contributed by atoms with Crippen molar-refractivity contribution in [3.63, 3.8) is 0 Å². The van der Waals surface area contributed by atoms with Crippen molar-refractivity contribution in [2.75, 3.05) is 18.5 Å². The molecule has 1 saturated carbocycles. The summed E-state index contributed by atoms with van der Waals surface area (Å²) in [4.78, 5) is 21.5. The molecule has 2 N–H and O–H groups in total. The van der Waals surface area contributed by atoms with Crippen LogP contribution < -0.4 is 10.6 Å². The van der Waals surface area contributed by atoms with Crippen LogP contribution in [0.5, 0.6) is 0 Å². The Morgan fingerprint density at radius 1 is 1.23 bits per heavy atom. The molecule has 1 saturated heterocycles. The molecule has 1 amide bonds. The highest BCUT2D eigenvalue weighted by Crippen LogP contribution is 2.41. The molecule has 2 heterocycles. The fourth-order valence-corrected chi connectivity index (χ4v) is 4.03. The number of nitrogens with zero attached hydrogens (tertiary/aromatic N) is 2. The Morgan fingerprint density at radius 2 is 1.91 bits per heavy atom. The molecule has 1 aromatic heterocycles. The second-order valence-corrected chi connectivity index (χ2v) is 9.11. The Morgan fingerprint density at radius 3 is 2.51 bits per heavy atom. The van der Waals surface area contributed by atoms with E-state index in [0.29, 0.717) is 36.0 Å². The van der Waals surface area contributed by atoms with Gasteiger partial charge in [0.2, 0.25) is 5.91 Å². The van der Waals surface area contributed by atoms with E-state index in [1.54, 1.807) is 26.0 Å². The van der Waals surface area contributed by atoms with Crippen LogP contribution in [0.4, 0.5) is 23.4 Å². The van der Waals surface area contributed by atoms with Gasteiger partial charge >= 0.3 is 0 Å². The normalized spacial score (nSPS) is 18.5. The molecule has 2 fully saturated rings. The molecule has 7 nitrogen and oxygen atoms in total. The van der Waals surface area contributed by atoms with Crippen molar-refractivity contribution in [3.8, 4) is 0 Å². The maximum atomic E-state index is 13.8. The van der Waals surface area contributed by atoms with Crippen molar-refractivity contribution < 1.29 is 31.8 Å². The maximum absolute atomic E-state index is 13.8. The van der Waals surface area contributed by atoms with Crippen LogP contribution in [0.15, 0.2) is 24.3 Å². The lowest BCUT2D eigenvalue weighted by atomic mass is 10.0. The van der Waals surface area contributed by atoms with E-state index in [1.807, 2.05) is 0 Å². The Hall–Kier alpha value is -2.79. The van der Waals surface area contributed by atoms with Crippen LogP contribution in [0.3, 0.4) is 0 Å². The minimum atomic E-state index is -2.99. The van der Waals surface area contributed by atoms with E-state index >= 15 is 0 Å². The van der Waals surface area contributed by atoms with E-state index < -0.39 is 36.1 Å². The van der Waals surface area contributed by atoms with E-state index in [0.717, 1.165) is 6.92 Å². The predicted octanol–water partition coefficient (Wildman–Crippen LogP) is 4.57. The third-order valence-corrected chi connectivity index (χ3v) is 6.16. The van der Waals surface area contributed by atoms with Crippen LogP contribution in [0.1, 0.15) is 67.2 Å². The SMILES string of the molecule is Cc1nc(CC(=O)NC2(C(F)F)CC2)c(C2OCCO2)c(NC(C)c2cccc(C(C)(F)F)c2)n1. The highest BCUT2D eigenvalue weighted by atomic mass is 19.3. The molecule has 2 aromatic rings. The van der Waals surface area contributed by atoms with E-state index in [9.17, 15) is 22.4 Å². The third kappa shape index (κ3) is 5.72. The van der Waals surface area contributed by atoms with Gasteiger partial charge in [-0.15, -0.1) is 0 Å². The van der Waals surface area contributed by atoms with Crippen LogP contribution >= 0.6 is 0 Å². The smallest absolute Gasteiger partial charge is 0.270 e. The van der Waals surface area contributed by atoms with E-state index in [2.05, 4.69) is 20.6 Å². The zero-order valence-corrected chi connectivity index (χ0v) is 19.7. The largest absolute Gasteiger partial charge is 0.363 e. The summed E-state index contributed by atoms with van der Waals surface area (Å²) in [5.41, 5.74) is -0.312. The molecule has 1 aliphatic heterocycles. The topological polar surface area (TPSA) is 85.4 Å². The van der Waals surface area contributed by atoms with Crippen LogP contribution in [0, 0.1) is 6.92 Å². The molecule has 1 atom stereocenters. The third-order valence-electron chi connectivity index (χ3n) is 6.16. The van der Waals surface area contributed by atoms with Gasteiger partial charge in [0.15, 0.2) is 6.29 Å². The van der Waals surface area contributed by atoms with Gasteiger partial charge in [0, 0.05) is 18.5 Å². The number of anilines is 1. The molecule has 4 rings (SSSR count). The standard InChI is InChI=1S/C24H28F4N4O3/c1-13(15-5-4-6-16(11-15)23(3,27)28)29-20-19(21-34-9-10-35-21)17(30-14(2)31-20)12-18(33)32-24(7-8-24)22(25)26/h4-6,11,13,21-22H,7-10,12H2,1-3H3,(H,32,33)(H,29,30,31). The summed E-state index contributed by atoms with van der Waals surface area (Å²) < 4.78 is 65.6. The summed E-state index contributed by atoms with van der Waals surface area (Å²) >= 11 is 0. The van der Waals surface area contributed by atoms with Crippen molar-refractivity contribution in [1.29, 1.82) is 0 Å². The number of carbonyl (C=O) groups is 1. The number of hydrogen-bond acceptors (Lipinski definition) is 6. The first-order chi connectivity index (χ1) is 16.5. The molecule has 35 heavy (non-hydrogen) atoms. The fraction of sp³-hybridized carbons (Fsp3) is 0.542. The van der Waals surface area contributed by atoms with Crippen LogP contribution in [-0.4, -0.2) is 41.1 Å². The number of rotatable bonds is 9. The number of aryl methyl sites for hydroxylation is 1. The molecule has 190 valence electrons. The van der Waals surface area contributed by atoms with Crippen molar-refractivity contribution >= 4 is 11.7 Å². The molecule has 0 radical (unpaired) electrons. The lowest BCUT2D eigenvalue weighted by Crippen LogP contribution is -2.43. The number of nitrogens with one attached hydrogen (secondary N) is 2. The minimum Gasteiger partial charge on any atom is -0.363 e. The molecule has 1 unspecified atom stereocenters. The molecule has 0 spiro atoms.